The van der Waals surface area contributed by atoms with Gasteiger partial charge in [-0.05, 0) is 79.6 Å². The van der Waals surface area contributed by atoms with Crippen molar-refractivity contribution in [1.82, 2.24) is 23.4 Å². The fourth-order valence-electron chi connectivity index (χ4n) is 9.36. The van der Waals surface area contributed by atoms with Gasteiger partial charge >= 0.3 is 10.2 Å². The minimum Gasteiger partial charge on any atom is -0.497 e. The lowest BCUT2D eigenvalue weighted by Crippen LogP contribution is -2.51. The molecule has 2 aromatic carbocycles. The van der Waals surface area contributed by atoms with Gasteiger partial charge in [-0.15, -0.1) is 0 Å². The summed E-state index contributed by atoms with van der Waals surface area (Å²) in [6.45, 7) is 5.46. The third-order valence-electron chi connectivity index (χ3n) is 11.9. The third-order valence-corrected chi connectivity index (χ3v) is 13.3. The number of nitrogens with one attached hydrogen (secondary N) is 1. The number of benzene rings is 2. The van der Waals surface area contributed by atoms with Gasteiger partial charge in [0.15, 0.2) is 0 Å². The van der Waals surface area contributed by atoms with Gasteiger partial charge in [-0.2, -0.15) is 12.7 Å². The van der Waals surface area contributed by atoms with Crippen LogP contribution in [-0.2, 0) is 21.5 Å². The lowest BCUT2D eigenvalue weighted by atomic mass is 9.81. The summed E-state index contributed by atoms with van der Waals surface area (Å²) in [5.74, 6) is 0.812. The van der Waals surface area contributed by atoms with Crippen molar-refractivity contribution < 1.29 is 22.7 Å². The Bertz CT molecular complexity index is 1900. The molecule has 5 aliphatic rings. The molecule has 4 atom stereocenters. The Balaban J connectivity index is 1.30. The summed E-state index contributed by atoms with van der Waals surface area (Å²) in [6.07, 6.45) is 7.59. The van der Waals surface area contributed by atoms with Gasteiger partial charge in [0.2, 0.25) is 5.91 Å². The Morgan fingerprint density at radius 3 is 2.51 bits per heavy atom. The molecule has 2 saturated carbocycles. The maximum absolute atomic E-state index is 14.8. The summed E-state index contributed by atoms with van der Waals surface area (Å²) in [5, 5.41) is 1.08. The first kappa shape index (κ1) is 30.9. The molecule has 10 nitrogen and oxygen atoms in total. The molecule has 47 heavy (non-hydrogen) atoms. The maximum atomic E-state index is 14.8. The van der Waals surface area contributed by atoms with Gasteiger partial charge in [0, 0.05) is 73.8 Å². The van der Waals surface area contributed by atoms with Crippen LogP contribution in [0.5, 0.6) is 5.75 Å². The van der Waals surface area contributed by atoms with Gasteiger partial charge in [-0.1, -0.05) is 32.3 Å². The van der Waals surface area contributed by atoms with Crippen molar-refractivity contribution in [3.8, 4) is 17.0 Å². The molecule has 2 aliphatic carbocycles. The first-order valence-corrected chi connectivity index (χ1v) is 18.6. The first-order chi connectivity index (χ1) is 22.6. The van der Waals surface area contributed by atoms with Crippen LogP contribution in [-0.4, -0.2) is 91.8 Å². The highest BCUT2D eigenvalue weighted by molar-refractivity contribution is 7.87. The largest absolute Gasteiger partial charge is 0.497 e. The smallest absolute Gasteiger partial charge is 0.303 e. The highest BCUT2D eigenvalue weighted by atomic mass is 32.2. The SMILES string of the molecule is CCN1C[C@@H]2C[C@H]1CN2C(=O)C12CC1c1cc(OC)ccc1-c1c(C3CCCCC3)c3ccc(C(=O)NS(=O)(=O)N(C)C)cc3n1C2. The number of piperazine rings is 1. The first-order valence-electron chi connectivity index (χ1n) is 17.2. The van der Waals surface area contributed by atoms with E-state index < -0.39 is 21.5 Å². The second-order valence-electron chi connectivity index (χ2n) is 14.6. The summed E-state index contributed by atoms with van der Waals surface area (Å²) < 4.78 is 36.4. The molecule has 2 saturated heterocycles. The Kier molecular flexibility index (Phi) is 7.27. The number of nitrogens with zero attached hydrogens (tertiary/aromatic N) is 4. The van der Waals surface area contributed by atoms with E-state index in [0.717, 1.165) is 77.5 Å². The van der Waals surface area contributed by atoms with E-state index >= 15 is 0 Å². The molecule has 1 aromatic heterocycles. The molecule has 3 aromatic rings. The quantitative estimate of drug-likeness (QED) is 0.395. The number of rotatable bonds is 7. The molecule has 250 valence electrons. The molecule has 3 aliphatic heterocycles. The van der Waals surface area contributed by atoms with Gasteiger partial charge < -0.3 is 14.2 Å². The number of aromatic nitrogens is 1. The summed E-state index contributed by atoms with van der Waals surface area (Å²) in [4.78, 5) is 32.9. The molecule has 1 N–H and O–H groups in total. The average molecular weight is 660 g/mol. The number of methoxy groups -OCH3 is 1. The molecular weight excluding hydrogens is 614 g/mol. The zero-order valence-electron chi connectivity index (χ0n) is 27.8. The summed E-state index contributed by atoms with van der Waals surface area (Å²) >= 11 is 0. The fraction of sp³-hybridized carbons (Fsp3) is 0.556. The van der Waals surface area contributed by atoms with Crippen LogP contribution in [0.4, 0.5) is 0 Å². The van der Waals surface area contributed by atoms with E-state index in [9.17, 15) is 18.0 Å². The number of amides is 2. The predicted molar refractivity (Wildman–Crippen MR) is 181 cm³/mol. The molecule has 2 bridgehead atoms. The lowest BCUT2D eigenvalue weighted by molar-refractivity contribution is -0.140. The van der Waals surface area contributed by atoms with E-state index in [1.54, 1.807) is 13.2 Å². The number of likely N-dealkylation sites (N-methyl/N-ethyl adjacent to an activating group) is 1. The second-order valence-corrected chi connectivity index (χ2v) is 16.5. The Morgan fingerprint density at radius 2 is 1.83 bits per heavy atom. The molecule has 4 fully saturated rings. The van der Waals surface area contributed by atoms with Gasteiger partial charge in [-0.3, -0.25) is 14.5 Å². The fourth-order valence-corrected chi connectivity index (χ4v) is 9.90. The van der Waals surface area contributed by atoms with Crippen molar-refractivity contribution in [2.75, 3.05) is 40.8 Å². The molecule has 4 heterocycles. The number of carbonyl (C=O) groups is 2. The standard InChI is InChI=1S/C36H45N5O5S/c1-5-39-19-25-16-24(39)20-40(25)35(43)36-18-30(36)29-17-26(46-4)12-14-27(29)33-32(22-9-7-6-8-10-22)28-13-11-23(15-31(28)41(33)21-36)34(42)37-47(44,45)38(2)3/h11-15,17,22,24-25,30H,5-10,16,18-21H2,1-4H3,(H,37,42)/t24-,25-,30?,36?/m0/s1. The van der Waals surface area contributed by atoms with E-state index in [-0.39, 0.29) is 23.4 Å². The number of ether oxygens (including phenoxy) is 1. The third kappa shape index (κ3) is 4.75. The minimum absolute atomic E-state index is 0.0763. The maximum Gasteiger partial charge on any atom is 0.303 e. The second kappa shape index (κ2) is 11.1. The number of hydrogen-bond acceptors (Lipinski definition) is 6. The van der Waals surface area contributed by atoms with Crippen molar-refractivity contribution >= 4 is 32.9 Å². The predicted octanol–water partition coefficient (Wildman–Crippen LogP) is 4.69. The lowest BCUT2D eigenvalue weighted by Gasteiger charge is -2.36. The van der Waals surface area contributed by atoms with Gasteiger partial charge in [-0.25, -0.2) is 4.72 Å². The Morgan fingerprint density at radius 1 is 1.04 bits per heavy atom. The van der Waals surface area contributed by atoms with Crippen molar-refractivity contribution in [3.05, 3.63) is 53.1 Å². The van der Waals surface area contributed by atoms with Crippen LogP contribution in [0.15, 0.2) is 36.4 Å². The van der Waals surface area contributed by atoms with Crippen LogP contribution in [0, 0.1) is 5.41 Å². The summed E-state index contributed by atoms with van der Waals surface area (Å²) in [6, 6.07) is 12.6. The van der Waals surface area contributed by atoms with Crippen LogP contribution in [0.3, 0.4) is 0 Å². The van der Waals surface area contributed by atoms with Crippen LogP contribution in [0.1, 0.15) is 85.2 Å². The summed E-state index contributed by atoms with van der Waals surface area (Å²) in [7, 11) is 0.514. The van der Waals surface area contributed by atoms with Gasteiger partial charge in [0.25, 0.3) is 5.91 Å². The normalized spacial score (nSPS) is 27.0. The van der Waals surface area contributed by atoms with Gasteiger partial charge in [0.1, 0.15) is 5.75 Å². The van der Waals surface area contributed by atoms with Crippen molar-refractivity contribution in [3.63, 3.8) is 0 Å². The topological polar surface area (TPSA) is 104 Å². The zero-order valence-corrected chi connectivity index (χ0v) is 28.6. The minimum atomic E-state index is -3.96. The van der Waals surface area contributed by atoms with E-state index in [0.29, 0.717) is 18.5 Å². The zero-order chi connectivity index (χ0) is 32.8. The molecule has 2 unspecified atom stereocenters. The van der Waals surface area contributed by atoms with Crippen molar-refractivity contribution in [2.45, 2.75) is 82.3 Å². The highest BCUT2D eigenvalue weighted by Crippen LogP contribution is 2.66. The average Bonchev–Trinajstić information content (AvgIpc) is 3.31. The van der Waals surface area contributed by atoms with E-state index in [4.69, 9.17) is 4.74 Å². The number of hydrogen-bond donors (Lipinski definition) is 1. The van der Waals surface area contributed by atoms with Crippen LogP contribution in [0.25, 0.3) is 22.2 Å². The molecule has 0 spiro atoms. The summed E-state index contributed by atoms with van der Waals surface area (Å²) in [5.41, 5.74) is 5.32. The van der Waals surface area contributed by atoms with E-state index in [1.165, 1.54) is 44.5 Å². The molecule has 2 amide bonds. The number of carbonyl (C=O) groups excluding carboxylic acids is 2. The van der Waals surface area contributed by atoms with E-state index in [2.05, 4.69) is 38.1 Å². The Labute approximate surface area is 277 Å². The number of fused-ring (bicyclic) bond motifs is 9. The monoisotopic (exact) mass is 659 g/mol. The molecule has 11 heteroatoms. The van der Waals surface area contributed by atoms with Crippen LogP contribution in [0.2, 0.25) is 0 Å². The van der Waals surface area contributed by atoms with Crippen LogP contribution >= 0.6 is 0 Å². The Hall–Kier alpha value is -3.41. The molecular formula is C36H45N5O5S. The molecule has 0 radical (unpaired) electrons. The van der Waals surface area contributed by atoms with Crippen molar-refractivity contribution in [2.24, 2.45) is 5.41 Å². The van der Waals surface area contributed by atoms with Gasteiger partial charge in [0.05, 0.1) is 18.2 Å². The van der Waals surface area contributed by atoms with E-state index in [1.807, 2.05) is 18.2 Å². The molecule has 8 rings (SSSR count). The van der Waals surface area contributed by atoms with Crippen molar-refractivity contribution in [1.29, 1.82) is 0 Å². The number of likely N-dealkylation sites (tertiary alicyclic amines) is 2. The highest BCUT2D eigenvalue weighted by Gasteiger charge is 2.65. The van der Waals surface area contributed by atoms with Crippen LogP contribution < -0.4 is 9.46 Å².